The number of nitrogens with zero attached hydrogens (tertiary/aromatic N) is 4. The van der Waals surface area contributed by atoms with Crippen molar-refractivity contribution in [3.8, 4) is 0 Å². The first-order valence-corrected chi connectivity index (χ1v) is 6.85. The summed E-state index contributed by atoms with van der Waals surface area (Å²) in [5.41, 5.74) is 1.44. The topological polar surface area (TPSA) is 51.0 Å². The van der Waals surface area contributed by atoms with E-state index in [1.807, 2.05) is 43.3 Å². The van der Waals surface area contributed by atoms with Gasteiger partial charge in [-0.25, -0.2) is 4.98 Å². The number of benzene rings is 1. The first kappa shape index (κ1) is 13.3. The summed E-state index contributed by atoms with van der Waals surface area (Å²) in [6, 6.07) is 11.7. The Hall–Kier alpha value is -2.69. The van der Waals surface area contributed by atoms with E-state index in [-0.39, 0.29) is 5.91 Å². The molecule has 1 aromatic carbocycles. The Morgan fingerprint density at radius 1 is 1.24 bits per heavy atom. The van der Waals surface area contributed by atoms with Crippen LogP contribution in [0.5, 0.6) is 0 Å². The van der Waals surface area contributed by atoms with Crippen LogP contribution in [0.1, 0.15) is 17.3 Å². The smallest absolute Gasteiger partial charge is 0.262 e. The van der Waals surface area contributed by atoms with Crippen LogP contribution in [0.25, 0.3) is 10.9 Å². The molecule has 0 spiro atoms. The molecule has 0 unspecified atom stereocenters. The van der Waals surface area contributed by atoms with E-state index in [2.05, 4.69) is 10.1 Å². The molecular formula is C16H16N4O. The summed E-state index contributed by atoms with van der Waals surface area (Å²) in [6.07, 6.45) is 3.34. The van der Waals surface area contributed by atoms with E-state index in [4.69, 9.17) is 0 Å². The van der Waals surface area contributed by atoms with Gasteiger partial charge in [-0.1, -0.05) is 18.2 Å². The van der Waals surface area contributed by atoms with Gasteiger partial charge in [0.05, 0.1) is 17.3 Å². The molecule has 5 nitrogen and oxygen atoms in total. The van der Waals surface area contributed by atoms with Crippen LogP contribution in [0.2, 0.25) is 0 Å². The van der Waals surface area contributed by atoms with Crippen molar-refractivity contribution in [2.24, 2.45) is 0 Å². The molecule has 3 aromatic rings. The molecule has 0 saturated carbocycles. The monoisotopic (exact) mass is 280 g/mol. The van der Waals surface area contributed by atoms with Gasteiger partial charge in [-0.3, -0.25) is 14.4 Å². The molecule has 2 heterocycles. The standard InChI is InChI=1S/C16H16N4O/c1-3-20-11-13(10-17-20)16(21)19(2)15-9-8-12-6-4-5-7-14(12)18-15/h4-11H,3H2,1-2H3. The number of carbonyl (C=O) groups is 1. The van der Waals surface area contributed by atoms with E-state index < -0.39 is 0 Å². The number of aryl methyl sites for hydroxylation is 1. The molecule has 0 N–H and O–H groups in total. The molecule has 1 amide bonds. The lowest BCUT2D eigenvalue weighted by molar-refractivity contribution is 0.0992. The Bertz CT molecular complexity index is 794. The second-order valence-electron chi connectivity index (χ2n) is 4.81. The molecule has 0 bridgehead atoms. The van der Waals surface area contributed by atoms with Gasteiger partial charge in [0.2, 0.25) is 0 Å². The van der Waals surface area contributed by atoms with Gasteiger partial charge in [-0.15, -0.1) is 0 Å². The molecule has 0 atom stereocenters. The van der Waals surface area contributed by atoms with E-state index >= 15 is 0 Å². The number of fused-ring (bicyclic) bond motifs is 1. The molecule has 5 heteroatoms. The van der Waals surface area contributed by atoms with E-state index in [1.54, 1.807) is 29.0 Å². The number of hydrogen-bond donors (Lipinski definition) is 0. The quantitative estimate of drug-likeness (QED) is 0.741. The Kier molecular flexibility index (Phi) is 3.39. The molecule has 0 aliphatic rings. The molecular weight excluding hydrogens is 264 g/mol. The van der Waals surface area contributed by atoms with Crippen molar-refractivity contribution >= 4 is 22.6 Å². The van der Waals surface area contributed by atoms with Crippen molar-refractivity contribution in [1.29, 1.82) is 0 Å². The average Bonchev–Trinajstić information content (AvgIpc) is 3.02. The fourth-order valence-electron chi connectivity index (χ4n) is 2.19. The van der Waals surface area contributed by atoms with Gasteiger partial charge in [-0.2, -0.15) is 5.10 Å². The number of para-hydroxylation sites is 1. The van der Waals surface area contributed by atoms with Crippen molar-refractivity contribution in [3.05, 3.63) is 54.4 Å². The average molecular weight is 280 g/mol. The van der Waals surface area contributed by atoms with E-state index in [9.17, 15) is 4.79 Å². The summed E-state index contributed by atoms with van der Waals surface area (Å²) in [5.74, 6) is 0.514. The lowest BCUT2D eigenvalue weighted by Gasteiger charge is -2.15. The van der Waals surface area contributed by atoms with E-state index in [0.29, 0.717) is 11.4 Å². The zero-order valence-corrected chi connectivity index (χ0v) is 12.0. The highest BCUT2D eigenvalue weighted by atomic mass is 16.2. The third-order valence-corrected chi connectivity index (χ3v) is 3.44. The van der Waals surface area contributed by atoms with E-state index in [0.717, 1.165) is 17.4 Å². The summed E-state index contributed by atoms with van der Waals surface area (Å²) in [5, 5.41) is 5.19. The zero-order chi connectivity index (χ0) is 14.8. The van der Waals surface area contributed by atoms with Crippen molar-refractivity contribution in [2.45, 2.75) is 13.5 Å². The lowest BCUT2D eigenvalue weighted by atomic mass is 10.2. The second-order valence-corrected chi connectivity index (χ2v) is 4.81. The highest BCUT2D eigenvalue weighted by Crippen LogP contribution is 2.18. The van der Waals surface area contributed by atoms with Gasteiger partial charge >= 0.3 is 0 Å². The maximum atomic E-state index is 12.4. The van der Waals surface area contributed by atoms with Crippen molar-refractivity contribution in [1.82, 2.24) is 14.8 Å². The van der Waals surface area contributed by atoms with Crippen LogP contribution in [0.15, 0.2) is 48.8 Å². The van der Waals surface area contributed by atoms with Crippen LogP contribution in [-0.4, -0.2) is 27.7 Å². The Morgan fingerprint density at radius 3 is 2.81 bits per heavy atom. The SMILES string of the molecule is CCn1cc(C(=O)N(C)c2ccc3ccccc3n2)cn1. The number of rotatable bonds is 3. The number of aromatic nitrogens is 3. The van der Waals surface area contributed by atoms with Gasteiger partial charge in [0.15, 0.2) is 0 Å². The van der Waals surface area contributed by atoms with Gasteiger partial charge in [-0.05, 0) is 25.1 Å². The minimum absolute atomic E-state index is 0.113. The third kappa shape index (κ3) is 2.50. The van der Waals surface area contributed by atoms with Crippen molar-refractivity contribution in [2.75, 3.05) is 11.9 Å². The van der Waals surface area contributed by atoms with Crippen LogP contribution < -0.4 is 4.90 Å². The Labute approximate surface area is 122 Å². The molecule has 2 aromatic heterocycles. The number of hydrogen-bond acceptors (Lipinski definition) is 3. The van der Waals surface area contributed by atoms with Crippen LogP contribution in [0, 0.1) is 0 Å². The van der Waals surface area contributed by atoms with Crippen LogP contribution in [0.3, 0.4) is 0 Å². The third-order valence-electron chi connectivity index (χ3n) is 3.44. The lowest BCUT2D eigenvalue weighted by Crippen LogP contribution is -2.26. The largest absolute Gasteiger partial charge is 0.296 e. The molecule has 3 rings (SSSR count). The van der Waals surface area contributed by atoms with Gasteiger partial charge < -0.3 is 0 Å². The second kappa shape index (κ2) is 5.36. The summed E-state index contributed by atoms with van der Waals surface area (Å²) < 4.78 is 1.73. The number of pyridine rings is 1. The van der Waals surface area contributed by atoms with Crippen molar-refractivity contribution < 1.29 is 4.79 Å². The number of anilines is 1. The summed E-state index contributed by atoms with van der Waals surface area (Å²) >= 11 is 0. The first-order valence-electron chi connectivity index (χ1n) is 6.85. The highest BCUT2D eigenvalue weighted by molar-refractivity contribution is 6.05. The van der Waals surface area contributed by atoms with Gasteiger partial charge in [0.25, 0.3) is 5.91 Å². The molecule has 106 valence electrons. The predicted octanol–water partition coefficient (Wildman–Crippen LogP) is 2.73. The summed E-state index contributed by atoms with van der Waals surface area (Å²) in [7, 11) is 1.72. The number of amides is 1. The van der Waals surface area contributed by atoms with Gasteiger partial charge in [0.1, 0.15) is 5.82 Å². The fourth-order valence-corrected chi connectivity index (χ4v) is 2.19. The molecule has 21 heavy (non-hydrogen) atoms. The molecule has 0 aliphatic carbocycles. The molecule has 0 aliphatic heterocycles. The van der Waals surface area contributed by atoms with Crippen LogP contribution >= 0.6 is 0 Å². The normalized spacial score (nSPS) is 10.8. The maximum Gasteiger partial charge on any atom is 0.262 e. The minimum Gasteiger partial charge on any atom is -0.296 e. The Morgan fingerprint density at radius 2 is 2.05 bits per heavy atom. The minimum atomic E-state index is -0.113. The molecule has 0 radical (unpaired) electrons. The predicted molar refractivity (Wildman–Crippen MR) is 82.4 cm³/mol. The Balaban J connectivity index is 1.91. The first-order chi connectivity index (χ1) is 10.2. The van der Waals surface area contributed by atoms with Crippen molar-refractivity contribution in [3.63, 3.8) is 0 Å². The fraction of sp³-hybridized carbons (Fsp3) is 0.188. The summed E-state index contributed by atoms with van der Waals surface area (Å²) in [4.78, 5) is 18.5. The van der Waals surface area contributed by atoms with Crippen LogP contribution in [0.4, 0.5) is 5.82 Å². The summed E-state index contributed by atoms with van der Waals surface area (Å²) in [6.45, 7) is 2.72. The van der Waals surface area contributed by atoms with Gasteiger partial charge in [0, 0.05) is 25.2 Å². The van der Waals surface area contributed by atoms with E-state index in [1.165, 1.54) is 0 Å². The maximum absolute atomic E-state index is 12.4. The van der Waals surface area contributed by atoms with Crippen LogP contribution in [-0.2, 0) is 6.54 Å². The zero-order valence-electron chi connectivity index (χ0n) is 12.0. The highest BCUT2D eigenvalue weighted by Gasteiger charge is 2.16. The molecule has 0 saturated heterocycles. The molecule has 0 fully saturated rings. The number of carbonyl (C=O) groups excluding carboxylic acids is 1.